The van der Waals surface area contributed by atoms with Crippen molar-refractivity contribution < 1.29 is 14.3 Å². The summed E-state index contributed by atoms with van der Waals surface area (Å²) >= 11 is 0. The Morgan fingerprint density at radius 3 is 2.59 bits per heavy atom. The van der Waals surface area contributed by atoms with Crippen LogP contribution in [0, 0.1) is 11.8 Å². The minimum Gasteiger partial charge on any atom is -0.493 e. The number of carbonyl (C=O) groups excluding carboxylic acids is 1. The molecule has 27 heavy (non-hydrogen) atoms. The Morgan fingerprint density at radius 2 is 1.85 bits per heavy atom. The van der Waals surface area contributed by atoms with Crippen molar-refractivity contribution in [3.8, 4) is 5.75 Å². The molecule has 0 aromatic heterocycles. The Hall–Kier alpha value is -2.23. The van der Waals surface area contributed by atoms with Crippen LogP contribution in [0.1, 0.15) is 50.5 Å². The molecule has 2 aliphatic rings. The number of likely N-dealkylation sites (tertiary alicyclic amines) is 1. The lowest BCUT2D eigenvalue weighted by atomic mass is 9.90. The van der Waals surface area contributed by atoms with E-state index >= 15 is 0 Å². The lowest BCUT2D eigenvalue weighted by Gasteiger charge is -2.29. The fourth-order valence-electron chi connectivity index (χ4n) is 3.97. The maximum Gasteiger partial charge on any atom is 0.414 e. The summed E-state index contributed by atoms with van der Waals surface area (Å²) in [7, 11) is 0. The first-order chi connectivity index (χ1) is 13.3. The molecule has 0 spiro atoms. The molecule has 1 aromatic carbocycles. The molecule has 4 nitrogen and oxygen atoms in total. The third-order valence-electron chi connectivity index (χ3n) is 5.65. The van der Waals surface area contributed by atoms with Crippen LogP contribution in [0.4, 0.5) is 4.79 Å². The van der Waals surface area contributed by atoms with Crippen molar-refractivity contribution in [2.75, 3.05) is 19.7 Å². The van der Waals surface area contributed by atoms with E-state index in [1.54, 1.807) is 4.90 Å². The van der Waals surface area contributed by atoms with E-state index in [4.69, 9.17) is 9.47 Å². The summed E-state index contributed by atoms with van der Waals surface area (Å²) in [6.45, 7) is 5.71. The van der Waals surface area contributed by atoms with E-state index in [2.05, 4.69) is 36.9 Å². The quantitative estimate of drug-likeness (QED) is 0.608. The Labute approximate surface area is 162 Å². The van der Waals surface area contributed by atoms with E-state index in [0.717, 1.165) is 43.9 Å². The monoisotopic (exact) mass is 369 g/mol. The van der Waals surface area contributed by atoms with E-state index in [1.165, 1.54) is 38.4 Å². The fraction of sp³-hybridized carbons (Fsp3) is 0.522. The lowest BCUT2D eigenvalue weighted by Crippen LogP contribution is -2.37. The predicted molar refractivity (Wildman–Crippen MR) is 109 cm³/mol. The van der Waals surface area contributed by atoms with Gasteiger partial charge in [0.1, 0.15) is 5.75 Å². The normalized spacial score (nSPS) is 19.2. The number of piperidine rings is 1. The van der Waals surface area contributed by atoms with Gasteiger partial charge >= 0.3 is 6.09 Å². The van der Waals surface area contributed by atoms with Crippen LogP contribution in [0.25, 0.3) is 6.08 Å². The van der Waals surface area contributed by atoms with Gasteiger partial charge < -0.3 is 14.4 Å². The summed E-state index contributed by atoms with van der Waals surface area (Å²) in [4.78, 5) is 13.5. The molecule has 0 bridgehead atoms. The number of rotatable bonds is 6. The molecule has 146 valence electrons. The maximum atomic E-state index is 11.7. The van der Waals surface area contributed by atoms with Crippen LogP contribution in [0.5, 0.6) is 5.75 Å². The Morgan fingerprint density at radius 1 is 1.11 bits per heavy atom. The van der Waals surface area contributed by atoms with Crippen LogP contribution in [-0.2, 0) is 4.74 Å². The number of benzene rings is 1. The zero-order valence-electron chi connectivity index (χ0n) is 16.1. The first kappa shape index (κ1) is 19.5. The van der Waals surface area contributed by atoms with Crippen molar-refractivity contribution in [1.82, 2.24) is 4.90 Å². The third-order valence-corrected chi connectivity index (χ3v) is 5.65. The highest BCUT2D eigenvalue weighted by Gasteiger charge is 2.22. The molecule has 1 heterocycles. The van der Waals surface area contributed by atoms with Crippen molar-refractivity contribution >= 4 is 12.2 Å². The molecule has 0 radical (unpaired) electrons. The maximum absolute atomic E-state index is 11.7. The zero-order valence-corrected chi connectivity index (χ0v) is 16.1. The molecule has 0 unspecified atom stereocenters. The topological polar surface area (TPSA) is 38.8 Å². The predicted octanol–water partition coefficient (Wildman–Crippen LogP) is 5.65. The molecule has 4 heteroatoms. The van der Waals surface area contributed by atoms with Gasteiger partial charge in [-0.3, -0.25) is 0 Å². The van der Waals surface area contributed by atoms with E-state index in [-0.39, 0.29) is 6.09 Å². The molecular weight excluding hydrogens is 338 g/mol. The summed E-state index contributed by atoms with van der Waals surface area (Å²) in [5.74, 6) is 2.16. The van der Waals surface area contributed by atoms with Gasteiger partial charge in [-0.2, -0.15) is 0 Å². The average Bonchev–Trinajstić information content (AvgIpc) is 2.72. The summed E-state index contributed by atoms with van der Waals surface area (Å²) in [6.07, 6.45) is 13.9. The van der Waals surface area contributed by atoms with Crippen molar-refractivity contribution in [3.63, 3.8) is 0 Å². The Balaban J connectivity index is 1.51. The van der Waals surface area contributed by atoms with Crippen molar-refractivity contribution in [3.05, 3.63) is 48.7 Å². The van der Waals surface area contributed by atoms with E-state index in [1.807, 2.05) is 6.07 Å². The number of ether oxygens (including phenoxy) is 2. The number of nitrogens with zero attached hydrogens (tertiary/aromatic N) is 1. The average molecular weight is 370 g/mol. The van der Waals surface area contributed by atoms with Crippen molar-refractivity contribution in [2.45, 2.75) is 44.9 Å². The summed E-state index contributed by atoms with van der Waals surface area (Å²) in [5.41, 5.74) is 1.14. The van der Waals surface area contributed by atoms with Gasteiger partial charge in [-0.25, -0.2) is 4.79 Å². The molecule has 1 saturated carbocycles. The smallest absolute Gasteiger partial charge is 0.414 e. The fourth-order valence-corrected chi connectivity index (χ4v) is 3.97. The van der Waals surface area contributed by atoms with Gasteiger partial charge in [0.15, 0.2) is 0 Å². The van der Waals surface area contributed by atoms with Gasteiger partial charge in [0, 0.05) is 18.7 Å². The van der Waals surface area contributed by atoms with E-state index in [0.29, 0.717) is 11.8 Å². The summed E-state index contributed by atoms with van der Waals surface area (Å²) < 4.78 is 11.0. The molecule has 1 aliphatic carbocycles. The van der Waals surface area contributed by atoms with Gasteiger partial charge in [-0.1, -0.05) is 56.2 Å². The first-order valence-corrected chi connectivity index (χ1v) is 10.2. The number of allylic oxidation sites excluding steroid dienone is 1. The Bertz CT molecular complexity index is 641. The highest BCUT2D eigenvalue weighted by atomic mass is 16.5. The van der Waals surface area contributed by atoms with Crippen LogP contribution in [0.3, 0.4) is 0 Å². The minimum absolute atomic E-state index is 0.297. The molecule has 2 fully saturated rings. The Kier molecular flexibility index (Phi) is 7.37. The van der Waals surface area contributed by atoms with Gasteiger partial charge in [0.2, 0.25) is 0 Å². The van der Waals surface area contributed by atoms with Gasteiger partial charge in [-0.05, 0) is 43.6 Å². The molecule has 0 atom stereocenters. The first-order valence-electron chi connectivity index (χ1n) is 10.2. The summed E-state index contributed by atoms with van der Waals surface area (Å²) in [5, 5.41) is 0. The number of hydrogen-bond donors (Lipinski definition) is 0. The van der Waals surface area contributed by atoms with Crippen molar-refractivity contribution in [1.29, 1.82) is 0 Å². The van der Waals surface area contributed by atoms with Gasteiger partial charge in [0.05, 0.1) is 12.9 Å². The number of carbonyl (C=O) groups is 1. The molecule has 1 aromatic rings. The molecule has 3 rings (SSSR count). The van der Waals surface area contributed by atoms with E-state index in [9.17, 15) is 4.79 Å². The molecule has 1 saturated heterocycles. The van der Waals surface area contributed by atoms with Crippen LogP contribution in [0.2, 0.25) is 0 Å². The highest BCUT2D eigenvalue weighted by molar-refractivity contribution is 5.68. The van der Waals surface area contributed by atoms with Crippen LogP contribution >= 0.6 is 0 Å². The number of hydrogen-bond acceptors (Lipinski definition) is 3. The SMILES string of the molecule is C=COC(=O)N1CCC(/C=C/c2ccccc2OCC2CCCCC2)CC1. The highest BCUT2D eigenvalue weighted by Crippen LogP contribution is 2.27. The van der Waals surface area contributed by atoms with Gasteiger partial charge in [0.25, 0.3) is 0 Å². The lowest BCUT2D eigenvalue weighted by molar-refractivity contribution is 0.122. The second-order valence-electron chi connectivity index (χ2n) is 7.59. The number of amides is 1. The molecule has 1 amide bonds. The second kappa shape index (κ2) is 10.2. The largest absolute Gasteiger partial charge is 0.493 e. The summed E-state index contributed by atoms with van der Waals surface area (Å²) in [6, 6.07) is 8.28. The minimum atomic E-state index is -0.297. The molecular formula is C23H31NO3. The molecule has 0 N–H and O–H groups in total. The standard InChI is InChI=1S/C23H31NO3/c1-2-26-23(25)24-16-14-19(15-17-24)12-13-21-10-6-7-11-22(21)27-18-20-8-4-3-5-9-20/h2,6-7,10-13,19-20H,1,3-5,8-9,14-18H2/b13-12+. The number of para-hydroxylation sites is 1. The zero-order chi connectivity index (χ0) is 18.9. The van der Waals surface area contributed by atoms with Crippen molar-refractivity contribution in [2.24, 2.45) is 11.8 Å². The van der Waals surface area contributed by atoms with Gasteiger partial charge in [-0.15, -0.1) is 0 Å². The van der Waals surface area contributed by atoms with Crippen LogP contribution in [0.15, 0.2) is 43.2 Å². The van der Waals surface area contributed by atoms with Crippen LogP contribution < -0.4 is 4.74 Å². The second-order valence-corrected chi connectivity index (χ2v) is 7.59. The third kappa shape index (κ3) is 5.88. The van der Waals surface area contributed by atoms with Crippen LogP contribution in [-0.4, -0.2) is 30.7 Å². The molecule has 1 aliphatic heterocycles. The van der Waals surface area contributed by atoms with E-state index < -0.39 is 0 Å².